The first-order valence-electron chi connectivity index (χ1n) is 10.3. The maximum absolute atomic E-state index is 14.0. The number of allylic oxidation sites excluding steroid dienone is 2. The van der Waals surface area contributed by atoms with E-state index in [1.54, 1.807) is 18.2 Å². The highest BCUT2D eigenvalue weighted by molar-refractivity contribution is 5.86. The molecule has 1 heterocycles. The monoisotopic (exact) mass is 421 g/mol. The fourth-order valence-electron chi connectivity index (χ4n) is 3.45. The molecule has 0 aromatic heterocycles. The number of carboxylic acids is 1. The summed E-state index contributed by atoms with van der Waals surface area (Å²) in [6.07, 6.45) is 8.47. The van der Waals surface area contributed by atoms with Crippen LogP contribution in [-0.2, 0) is 9.59 Å². The highest BCUT2D eigenvalue weighted by Crippen LogP contribution is 2.35. The Morgan fingerprint density at radius 1 is 1.43 bits per heavy atom. The SMILES string of the molecule is CCC#CC[C@H](C)[C@H](O)/C=C/[C@H]1CC(F)(F)C(=O)N1CCC1=CCC(C(=O)O)C=C1. The third-order valence-corrected chi connectivity index (χ3v) is 5.41. The molecule has 2 aliphatic rings. The van der Waals surface area contributed by atoms with E-state index in [-0.39, 0.29) is 12.5 Å². The van der Waals surface area contributed by atoms with Crippen LogP contribution in [0.4, 0.5) is 8.78 Å². The van der Waals surface area contributed by atoms with E-state index in [1.807, 2.05) is 13.8 Å². The minimum Gasteiger partial charge on any atom is -0.481 e. The lowest BCUT2D eigenvalue weighted by atomic mass is 9.95. The van der Waals surface area contributed by atoms with Crippen LogP contribution in [0.3, 0.4) is 0 Å². The Morgan fingerprint density at radius 2 is 2.17 bits per heavy atom. The van der Waals surface area contributed by atoms with E-state index in [0.717, 1.165) is 16.9 Å². The van der Waals surface area contributed by atoms with E-state index in [1.165, 1.54) is 12.2 Å². The van der Waals surface area contributed by atoms with Crippen LogP contribution in [0, 0.1) is 23.7 Å². The zero-order chi connectivity index (χ0) is 22.3. The van der Waals surface area contributed by atoms with Crippen molar-refractivity contribution >= 4 is 11.9 Å². The van der Waals surface area contributed by atoms with Crippen LogP contribution in [0.25, 0.3) is 0 Å². The lowest BCUT2D eigenvalue weighted by Crippen LogP contribution is -2.37. The molecule has 7 heteroatoms. The summed E-state index contributed by atoms with van der Waals surface area (Å²) in [7, 11) is 0. The predicted octanol–water partition coefficient (Wildman–Crippen LogP) is 3.56. The summed E-state index contributed by atoms with van der Waals surface area (Å²) in [4.78, 5) is 24.3. The minimum absolute atomic E-state index is 0.102. The lowest BCUT2D eigenvalue weighted by molar-refractivity contribution is -0.148. The van der Waals surface area contributed by atoms with Gasteiger partial charge in [0.25, 0.3) is 5.91 Å². The Bertz CT molecular complexity index is 791. The zero-order valence-corrected chi connectivity index (χ0v) is 17.4. The van der Waals surface area contributed by atoms with Gasteiger partial charge in [-0.3, -0.25) is 9.59 Å². The summed E-state index contributed by atoms with van der Waals surface area (Å²) >= 11 is 0. The smallest absolute Gasteiger partial charge is 0.327 e. The zero-order valence-electron chi connectivity index (χ0n) is 17.4. The molecule has 0 bridgehead atoms. The number of rotatable bonds is 8. The fourth-order valence-corrected chi connectivity index (χ4v) is 3.45. The number of nitrogens with zero attached hydrogens (tertiary/aromatic N) is 1. The van der Waals surface area contributed by atoms with Crippen LogP contribution in [0.1, 0.15) is 46.0 Å². The number of carboxylic acid groups (broad SMARTS) is 1. The van der Waals surface area contributed by atoms with Crippen LogP contribution in [0.2, 0.25) is 0 Å². The standard InChI is InChI=1S/C23H29F2NO4/c1-3-4-5-6-16(2)20(27)12-11-19-15-23(24,25)22(30)26(19)14-13-17-7-9-18(10-8-17)21(28)29/h7-9,11-12,16,18-20,27H,3,6,10,13-15H2,1-2H3,(H,28,29)/b12-11+/t16-,18?,19-,20+/m0/s1. The molecule has 2 rings (SSSR count). The van der Waals surface area contributed by atoms with Gasteiger partial charge in [0.2, 0.25) is 0 Å². The van der Waals surface area contributed by atoms with Crippen LogP contribution >= 0.6 is 0 Å². The number of amides is 1. The highest BCUT2D eigenvalue weighted by Gasteiger charge is 2.52. The maximum Gasteiger partial charge on any atom is 0.327 e. The number of likely N-dealkylation sites (tertiary alicyclic amines) is 1. The van der Waals surface area contributed by atoms with E-state index in [2.05, 4.69) is 11.8 Å². The van der Waals surface area contributed by atoms with Gasteiger partial charge in [0, 0.05) is 25.8 Å². The quantitative estimate of drug-likeness (QED) is 0.464. The molecule has 4 atom stereocenters. The number of hydrogen-bond donors (Lipinski definition) is 2. The molecule has 0 saturated carbocycles. The topological polar surface area (TPSA) is 77.8 Å². The Morgan fingerprint density at radius 3 is 2.77 bits per heavy atom. The van der Waals surface area contributed by atoms with Crippen LogP contribution in [-0.4, -0.2) is 51.6 Å². The Hall–Kier alpha value is -2.46. The number of carbonyl (C=O) groups excluding carboxylic acids is 1. The van der Waals surface area contributed by atoms with Crippen molar-refractivity contribution in [2.45, 2.75) is 64.0 Å². The number of halogens is 2. The van der Waals surface area contributed by atoms with E-state index in [4.69, 9.17) is 5.11 Å². The molecule has 0 aromatic carbocycles. The lowest BCUT2D eigenvalue weighted by Gasteiger charge is -2.23. The molecule has 1 unspecified atom stereocenters. The van der Waals surface area contributed by atoms with E-state index in [9.17, 15) is 23.5 Å². The number of carbonyl (C=O) groups is 2. The van der Waals surface area contributed by atoms with Crippen molar-refractivity contribution in [1.29, 1.82) is 0 Å². The van der Waals surface area contributed by atoms with Gasteiger partial charge in [-0.2, -0.15) is 8.78 Å². The largest absolute Gasteiger partial charge is 0.481 e. The molecular formula is C23H29F2NO4. The molecule has 164 valence electrons. The second kappa shape index (κ2) is 10.5. The Kier molecular flexibility index (Phi) is 8.36. The van der Waals surface area contributed by atoms with Gasteiger partial charge in [0.05, 0.1) is 18.1 Å². The van der Waals surface area contributed by atoms with Crippen molar-refractivity contribution in [3.05, 3.63) is 36.0 Å². The first-order chi connectivity index (χ1) is 14.2. The molecule has 0 aromatic rings. The summed E-state index contributed by atoms with van der Waals surface area (Å²) in [5.41, 5.74) is 0.821. The second-order valence-corrected chi connectivity index (χ2v) is 7.81. The summed E-state index contributed by atoms with van der Waals surface area (Å²) < 4.78 is 28.1. The van der Waals surface area contributed by atoms with Crippen molar-refractivity contribution in [2.75, 3.05) is 6.54 Å². The van der Waals surface area contributed by atoms with Gasteiger partial charge < -0.3 is 15.1 Å². The van der Waals surface area contributed by atoms with Crippen LogP contribution in [0.5, 0.6) is 0 Å². The normalized spacial score (nSPS) is 25.0. The minimum atomic E-state index is -3.43. The van der Waals surface area contributed by atoms with Gasteiger partial charge in [-0.05, 0) is 18.8 Å². The number of aliphatic carboxylic acids is 1. The highest BCUT2D eigenvalue weighted by atomic mass is 19.3. The van der Waals surface area contributed by atoms with E-state index >= 15 is 0 Å². The van der Waals surface area contributed by atoms with Gasteiger partial charge in [-0.1, -0.05) is 49.8 Å². The van der Waals surface area contributed by atoms with Gasteiger partial charge in [-0.15, -0.1) is 11.8 Å². The third-order valence-electron chi connectivity index (χ3n) is 5.41. The van der Waals surface area contributed by atoms with Gasteiger partial charge in [0.1, 0.15) is 0 Å². The van der Waals surface area contributed by atoms with Gasteiger partial charge >= 0.3 is 11.9 Å². The second-order valence-electron chi connectivity index (χ2n) is 7.81. The molecule has 5 nitrogen and oxygen atoms in total. The molecule has 2 N–H and O–H groups in total. The fraction of sp³-hybridized carbons (Fsp3) is 0.565. The number of aliphatic hydroxyl groups excluding tert-OH is 1. The number of alkyl halides is 2. The van der Waals surface area contributed by atoms with Crippen LogP contribution in [0.15, 0.2) is 36.0 Å². The average molecular weight is 421 g/mol. The maximum atomic E-state index is 14.0. The van der Waals surface area contributed by atoms with Crippen LogP contribution < -0.4 is 0 Å². The Balaban J connectivity index is 1.99. The summed E-state index contributed by atoms with van der Waals surface area (Å²) in [6.45, 7) is 3.87. The molecule has 1 aliphatic carbocycles. The Labute approximate surface area is 176 Å². The summed E-state index contributed by atoms with van der Waals surface area (Å²) in [6, 6.07) is -0.795. The third kappa shape index (κ3) is 6.27. The summed E-state index contributed by atoms with van der Waals surface area (Å²) in [5, 5.41) is 19.3. The number of aliphatic hydroxyl groups is 1. The van der Waals surface area contributed by atoms with Crippen molar-refractivity contribution in [1.82, 2.24) is 4.90 Å². The van der Waals surface area contributed by atoms with Crippen molar-refractivity contribution < 1.29 is 28.6 Å². The first kappa shape index (κ1) is 23.8. The molecule has 1 saturated heterocycles. The molecule has 0 spiro atoms. The molecule has 1 aliphatic heterocycles. The van der Waals surface area contributed by atoms with E-state index in [0.29, 0.717) is 19.3 Å². The molecule has 0 radical (unpaired) electrons. The number of hydrogen-bond acceptors (Lipinski definition) is 3. The van der Waals surface area contributed by atoms with Crippen molar-refractivity contribution in [2.24, 2.45) is 11.8 Å². The predicted molar refractivity (Wildman–Crippen MR) is 110 cm³/mol. The van der Waals surface area contributed by atoms with Gasteiger partial charge in [-0.25, -0.2) is 0 Å². The first-order valence-corrected chi connectivity index (χ1v) is 10.3. The summed E-state index contributed by atoms with van der Waals surface area (Å²) in [5.74, 6) is -0.377. The molecule has 1 amide bonds. The van der Waals surface area contributed by atoms with Gasteiger partial charge in [0.15, 0.2) is 0 Å². The molecule has 30 heavy (non-hydrogen) atoms. The molecule has 1 fully saturated rings. The average Bonchev–Trinajstić information content (AvgIpc) is 2.93. The van der Waals surface area contributed by atoms with Crippen molar-refractivity contribution in [3.63, 3.8) is 0 Å². The molecular weight excluding hydrogens is 392 g/mol. The van der Waals surface area contributed by atoms with Crippen molar-refractivity contribution in [3.8, 4) is 11.8 Å². The van der Waals surface area contributed by atoms with E-state index < -0.39 is 42.3 Å².